The summed E-state index contributed by atoms with van der Waals surface area (Å²) in [7, 11) is 0. The molecule has 2 amide bonds. The number of piperidine rings is 2. The maximum Gasteiger partial charge on any atom is 0.410 e. The number of amides is 2. The van der Waals surface area contributed by atoms with E-state index >= 15 is 0 Å². The molecule has 2 heterocycles. The summed E-state index contributed by atoms with van der Waals surface area (Å²) in [5.41, 5.74) is 10.9. The van der Waals surface area contributed by atoms with Crippen LogP contribution in [0.5, 0.6) is 0 Å². The maximum absolute atomic E-state index is 11.8. The normalized spacial score (nSPS) is 27.7. The van der Waals surface area contributed by atoms with Crippen molar-refractivity contribution in [3.05, 3.63) is 0 Å². The van der Waals surface area contributed by atoms with Crippen molar-refractivity contribution in [1.82, 2.24) is 9.80 Å². The SMILES string of the molecule is C[C@@H]1C[C@H](N)CN(C(=O)OC(C)(C)C)C1.C[C@H]1C[C@@H](N)CN(C(=O)OC(C)(C)C)C1. The predicted octanol–water partition coefficient (Wildman–Crippen LogP) is 3.18. The molecular formula is C22H44N4O4. The van der Waals surface area contributed by atoms with Crippen LogP contribution in [0, 0.1) is 11.8 Å². The number of ether oxygens (including phenoxy) is 2. The third kappa shape index (κ3) is 10.5. The first kappa shape index (κ1) is 26.5. The lowest BCUT2D eigenvalue weighted by atomic mass is 9.97. The van der Waals surface area contributed by atoms with E-state index in [1.54, 1.807) is 9.80 Å². The highest BCUT2D eigenvalue weighted by Crippen LogP contribution is 2.19. The van der Waals surface area contributed by atoms with Crippen LogP contribution in [-0.4, -0.2) is 71.5 Å². The number of rotatable bonds is 0. The molecule has 176 valence electrons. The number of nitrogens with zero attached hydrogens (tertiary/aromatic N) is 2. The minimum absolute atomic E-state index is 0.0845. The Labute approximate surface area is 182 Å². The number of nitrogens with two attached hydrogens (primary N) is 2. The first-order valence-electron chi connectivity index (χ1n) is 11.0. The van der Waals surface area contributed by atoms with Gasteiger partial charge in [0.25, 0.3) is 0 Å². The molecule has 0 aliphatic carbocycles. The topological polar surface area (TPSA) is 111 Å². The molecule has 2 fully saturated rings. The third-order valence-corrected chi connectivity index (χ3v) is 4.69. The van der Waals surface area contributed by atoms with Crippen molar-refractivity contribution in [2.75, 3.05) is 26.2 Å². The van der Waals surface area contributed by atoms with Crippen molar-refractivity contribution in [3.8, 4) is 0 Å². The van der Waals surface area contributed by atoms with E-state index < -0.39 is 11.2 Å². The fourth-order valence-corrected chi connectivity index (χ4v) is 3.75. The van der Waals surface area contributed by atoms with Crippen LogP contribution < -0.4 is 11.5 Å². The molecule has 2 aliphatic heterocycles. The number of carbonyl (C=O) groups is 2. The van der Waals surface area contributed by atoms with Gasteiger partial charge in [-0.15, -0.1) is 0 Å². The van der Waals surface area contributed by atoms with E-state index in [1.165, 1.54) is 0 Å². The van der Waals surface area contributed by atoms with E-state index in [0.717, 1.165) is 25.9 Å². The molecule has 0 aromatic carbocycles. The Bertz CT molecular complexity index is 500. The Morgan fingerprint density at radius 2 is 1.00 bits per heavy atom. The second kappa shape index (κ2) is 10.7. The molecule has 2 rings (SSSR count). The van der Waals surface area contributed by atoms with Gasteiger partial charge in [-0.3, -0.25) is 0 Å². The smallest absolute Gasteiger partial charge is 0.410 e. The zero-order chi connectivity index (χ0) is 23.3. The van der Waals surface area contributed by atoms with Crippen LogP contribution in [0.25, 0.3) is 0 Å². The maximum atomic E-state index is 11.8. The summed E-state index contributed by atoms with van der Waals surface area (Å²) in [5.74, 6) is 0.919. The largest absolute Gasteiger partial charge is 0.444 e. The number of carbonyl (C=O) groups excluding carboxylic acids is 2. The van der Waals surface area contributed by atoms with E-state index in [0.29, 0.717) is 24.9 Å². The minimum atomic E-state index is -0.429. The molecule has 8 heteroatoms. The summed E-state index contributed by atoms with van der Waals surface area (Å²) < 4.78 is 10.6. The first-order valence-corrected chi connectivity index (χ1v) is 11.0. The van der Waals surface area contributed by atoms with Crippen LogP contribution in [-0.2, 0) is 9.47 Å². The molecule has 0 saturated carbocycles. The second-order valence-corrected chi connectivity index (χ2v) is 11.0. The van der Waals surface area contributed by atoms with Crippen LogP contribution in [0.4, 0.5) is 9.59 Å². The lowest BCUT2D eigenvalue weighted by molar-refractivity contribution is 0.0146. The van der Waals surface area contributed by atoms with Crippen molar-refractivity contribution >= 4 is 12.2 Å². The van der Waals surface area contributed by atoms with Crippen LogP contribution in [0.1, 0.15) is 68.2 Å². The zero-order valence-electron chi connectivity index (χ0n) is 20.2. The lowest BCUT2D eigenvalue weighted by Crippen LogP contribution is -2.50. The van der Waals surface area contributed by atoms with Gasteiger partial charge in [0.1, 0.15) is 11.2 Å². The Hall–Kier alpha value is -1.54. The van der Waals surface area contributed by atoms with Crippen LogP contribution in [0.2, 0.25) is 0 Å². The molecule has 2 aliphatic rings. The molecule has 4 atom stereocenters. The summed E-state index contributed by atoms with van der Waals surface area (Å²) in [6.45, 7) is 18.2. The lowest BCUT2D eigenvalue weighted by Gasteiger charge is -2.35. The van der Waals surface area contributed by atoms with E-state index in [2.05, 4.69) is 13.8 Å². The Morgan fingerprint density at radius 1 is 0.700 bits per heavy atom. The summed E-state index contributed by atoms with van der Waals surface area (Å²) in [4.78, 5) is 26.9. The van der Waals surface area contributed by atoms with Crippen molar-refractivity contribution in [3.63, 3.8) is 0 Å². The molecule has 2 saturated heterocycles. The highest BCUT2D eigenvalue weighted by Gasteiger charge is 2.30. The molecule has 0 aromatic heterocycles. The summed E-state index contributed by atoms with van der Waals surface area (Å²) in [5, 5.41) is 0. The zero-order valence-corrected chi connectivity index (χ0v) is 20.2. The third-order valence-electron chi connectivity index (χ3n) is 4.69. The monoisotopic (exact) mass is 428 g/mol. The first-order chi connectivity index (χ1) is 13.6. The molecule has 0 bridgehead atoms. The molecule has 0 aromatic rings. The summed E-state index contributed by atoms with van der Waals surface area (Å²) in [6, 6.07) is 0.169. The molecule has 4 N–H and O–H groups in total. The quantitative estimate of drug-likeness (QED) is 0.613. The highest BCUT2D eigenvalue weighted by atomic mass is 16.6. The number of hydrogen-bond acceptors (Lipinski definition) is 6. The number of likely N-dealkylation sites (tertiary alicyclic amines) is 2. The van der Waals surface area contributed by atoms with Gasteiger partial charge in [-0.05, 0) is 66.2 Å². The van der Waals surface area contributed by atoms with Crippen LogP contribution in [0.15, 0.2) is 0 Å². The van der Waals surface area contributed by atoms with Crippen molar-refractivity contribution in [1.29, 1.82) is 0 Å². The standard InChI is InChI=1S/2C11H22N2O2/c2*1-8-5-9(12)7-13(6-8)10(14)15-11(2,3)4/h2*8-9H,5-7,12H2,1-4H3/t2*8-,9+/m10/s1. The average molecular weight is 429 g/mol. The van der Waals surface area contributed by atoms with Gasteiger partial charge in [-0.1, -0.05) is 13.8 Å². The minimum Gasteiger partial charge on any atom is -0.444 e. The second-order valence-electron chi connectivity index (χ2n) is 11.0. The summed E-state index contributed by atoms with van der Waals surface area (Å²) >= 11 is 0. The van der Waals surface area contributed by atoms with Gasteiger partial charge in [-0.25, -0.2) is 9.59 Å². The van der Waals surface area contributed by atoms with E-state index in [-0.39, 0.29) is 24.3 Å². The molecule has 8 nitrogen and oxygen atoms in total. The van der Waals surface area contributed by atoms with Gasteiger partial charge in [0.15, 0.2) is 0 Å². The van der Waals surface area contributed by atoms with Gasteiger partial charge in [0.05, 0.1) is 0 Å². The van der Waals surface area contributed by atoms with Crippen molar-refractivity contribution < 1.29 is 19.1 Å². The van der Waals surface area contributed by atoms with E-state index in [4.69, 9.17) is 20.9 Å². The molecule has 0 spiro atoms. The fourth-order valence-electron chi connectivity index (χ4n) is 3.75. The van der Waals surface area contributed by atoms with E-state index in [9.17, 15) is 9.59 Å². The Kier molecular flexibility index (Phi) is 9.42. The Balaban J connectivity index is 0.000000300. The molecule has 0 unspecified atom stereocenters. The van der Waals surface area contributed by atoms with Gasteiger partial charge in [-0.2, -0.15) is 0 Å². The van der Waals surface area contributed by atoms with Gasteiger partial charge in [0, 0.05) is 38.3 Å². The summed E-state index contributed by atoms with van der Waals surface area (Å²) in [6.07, 6.45) is 1.48. The van der Waals surface area contributed by atoms with Gasteiger partial charge >= 0.3 is 12.2 Å². The average Bonchev–Trinajstić information content (AvgIpc) is 2.50. The molecular weight excluding hydrogens is 384 g/mol. The van der Waals surface area contributed by atoms with Crippen LogP contribution in [0.3, 0.4) is 0 Å². The predicted molar refractivity (Wildman–Crippen MR) is 119 cm³/mol. The van der Waals surface area contributed by atoms with Crippen molar-refractivity contribution in [2.45, 2.75) is 91.5 Å². The van der Waals surface area contributed by atoms with E-state index in [1.807, 2.05) is 41.5 Å². The Morgan fingerprint density at radius 3 is 1.23 bits per heavy atom. The fraction of sp³-hybridized carbons (Fsp3) is 0.909. The van der Waals surface area contributed by atoms with Crippen LogP contribution >= 0.6 is 0 Å². The molecule has 0 radical (unpaired) electrons. The van der Waals surface area contributed by atoms with Crippen molar-refractivity contribution in [2.24, 2.45) is 23.3 Å². The highest BCUT2D eigenvalue weighted by molar-refractivity contribution is 5.68. The number of hydrogen-bond donors (Lipinski definition) is 2. The van der Waals surface area contributed by atoms with Gasteiger partial charge in [0.2, 0.25) is 0 Å². The van der Waals surface area contributed by atoms with Gasteiger partial charge < -0.3 is 30.7 Å². The molecule has 30 heavy (non-hydrogen) atoms.